The van der Waals surface area contributed by atoms with E-state index in [1.165, 1.54) is 0 Å². The Labute approximate surface area is 125 Å². The van der Waals surface area contributed by atoms with Crippen LogP contribution < -0.4 is 5.32 Å². The van der Waals surface area contributed by atoms with E-state index in [9.17, 15) is 9.59 Å². The zero-order chi connectivity index (χ0) is 13.5. The number of hydrogen-bond donors (Lipinski definition) is 2. The highest BCUT2D eigenvalue weighted by Crippen LogP contribution is 2.12. The molecule has 5 nitrogen and oxygen atoms in total. The first-order valence-electron chi connectivity index (χ1n) is 5.43. The minimum absolute atomic E-state index is 0. The number of ether oxygens (including phenoxy) is 1. The molecule has 0 radical (unpaired) electrons. The zero-order valence-electron chi connectivity index (χ0n) is 10.3. The minimum atomic E-state index is -1.09. The van der Waals surface area contributed by atoms with Crippen molar-refractivity contribution in [3.63, 3.8) is 0 Å². The molecule has 0 spiro atoms. The SMILES string of the molecule is CCOC(=O)N[C@@H](Cc1ccc(Br)cc1)C(=O)O.Cl. The molecule has 2 N–H and O–H groups in total. The largest absolute Gasteiger partial charge is 0.480 e. The van der Waals surface area contributed by atoms with Crippen molar-refractivity contribution in [1.82, 2.24) is 5.32 Å². The number of carbonyl (C=O) groups is 2. The summed E-state index contributed by atoms with van der Waals surface area (Å²) >= 11 is 3.30. The predicted octanol–water partition coefficient (Wildman–Crippen LogP) is 2.61. The summed E-state index contributed by atoms with van der Waals surface area (Å²) < 4.78 is 5.57. The molecule has 0 saturated carbocycles. The van der Waals surface area contributed by atoms with E-state index >= 15 is 0 Å². The average Bonchev–Trinajstić information content (AvgIpc) is 2.31. The first-order chi connectivity index (χ1) is 8.52. The van der Waals surface area contributed by atoms with E-state index < -0.39 is 18.1 Å². The summed E-state index contributed by atoms with van der Waals surface area (Å²) in [5.74, 6) is -1.09. The van der Waals surface area contributed by atoms with Gasteiger partial charge in [0.1, 0.15) is 6.04 Å². The van der Waals surface area contributed by atoms with Crippen LogP contribution in [0.2, 0.25) is 0 Å². The van der Waals surface area contributed by atoms with Gasteiger partial charge in [-0.15, -0.1) is 12.4 Å². The summed E-state index contributed by atoms with van der Waals surface area (Å²) in [5.41, 5.74) is 0.822. The monoisotopic (exact) mass is 351 g/mol. The van der Waals surface area contributed by atoms with Crippen LogP contribution in [0.25, 0.3) is 0 Å². The number of nitrogens with one attached hydrogen (secondary N) is 1. The van der Waals surface area contributed by atoms with Gasteiger partial charge >= 0.3 is 12.1 Å². The standard InChI is InChI=1S/C12H14BrNO4.ClH/c1-2-18-12(17)14-10(11(15)16)7-8-3-5-9(13)6-4-8;/h3-6,10H,2,7H2,1H3,(H,14,17)(H,15,16);1H/t10-;/m0./s1. The van der Waals surface area contributed by atoms with Gasteiger partial charge in [-0.2, -0.15) is 0 Å². The molecule has 1 atom stereocenters. The van der Waals surface area contributed by atoms with Crippen molar-refractivity contribution in [1.29, 1.82) is 0 Å². The molecular weight excluding hydrogens is 337 g/mol. The molecule has 1 aromatic rings. The number of aliphatic carboxylic acids is 1. The number of carboxylic acid groups (broad SMARTS) is 1. The molecule has 106 valence electrons. The van der Waals surface area contributed by atoms with E-state index in [0.717, 1.165) is 10.0 Å². The van der Waals surface area contributed by atoms with E-state index in [4.69, 9.17) is 5.11 Å². The third-order valence-electron chi connectivity index (χ3n) is 2.22. The maximum Gasteiger partial charge on any atom is 0.407 e. The Morgan fingerprint density at radius 2 is 1.95 bits per heavy atom. The van der Waals surface area contributed by atoms with E-state index in [1.54, 1.807) is 19.1 Å². The molecule has 1 rings (SSSR count). The van der Waals surface area contributed by atoms with Crippen LogP contribution in [-0.2, 0) is 16.0 Å². The average molecular weight is 353 g/mol. The van der Waals surface area contributed by atoms with Crippen molar-refractivity contribution >= 4 is 40.4 Å². The Bertz CT molecular complexity index is 424. The van der Waals surface area contributed by atoms with Crippen molar-refractivity contribution in [2.24, 2.45) is 0 Å². The molecule has 0 aliphatic carbocycles. The normalized spacial score (nSPS) is 11.1. The van der Waals surface area contributed by atoms with Crippen LogP contribution in [0.3, 0.4) is 0 Å². The van der Waals surface area contributed by atoms with Crippen LogP contribution in [0.4, 0.5) is 4.79 Å². The highest BCUT2D eigenvalue weighted by Gasteiger charge is 2.20. The van der Waals surface area contributed by atoms with Gasteiger partial charge in [0.15, 0.2) is 0 Å². The second kappa shape index (κ2) is 8.77. The number of rotatable bonds is 5. The molecular formula is C12H15BrClNO4. The lowest BCUT2D eigenvalue weighted by atomic mass is 10.1. The maximum atomic E-state index is 11.2. The first-order valence-corrected chi connectivity index (χ1v) is 6.22. The third-order valence-corrected chi connectivity index (χ3v) is 2.75. The van der Waals surface area contributed by atoms with Gasteiger partial charge in [-0.05, 0) is 24.6 Å². The number of hydrogen-bond acceptors (Lipinski definition) is 3. The lowest BCUT2D eigenvalue weighted by molar-refractivity contribution is -0.139. The van der Waals surface area contributed by atoms with E-state index in [2.05, 4.69) is 26.0 Å². The highest BCUT2D eigenvalue weighted by atomic mass is 79.9. The van der Waals surface area contributed by atoms with E-state index in [-0.39, 0.29) is 25.4 Å². The molecule has 0 aliphatic heterocycles. The van der Waals surface area contributed by atoms with Gasteiger partial charge in [0, 0.05) is 10.9 Å². The molecule has 0 aromatic heterocycles. The molecule has 1 amide bonds. The van der Waals surface area contributed by atoms with Gasteiger partial charge in [0.25, 0.3) is 0 Å². The van der Waals surface area contributed by atoms with Gasteiger partial charge in [-0.1, -0.05) is 28.1 Å². The van der Waals surface area contributed by atoms with Crippen molar-refractivity contribution in [2.75, 3.05) is 6.61 Å². The van der Waals surface area contributed by atoms with E-state index in [0.29, 0.717) is 0 Å². The number of alkyl carbamates (subject to hydrolysis) is 1. The predicted molar refractivity (Wildman–Crippen MR) is 76.7 cm³/mol. The van der Waals surface area contributed by atoms with Crippen LogP contribution in [0.1, 0.15) is 12.5 Å². The Morgan fingerprint density at radius 3 is 2.42 bits per heavy atom. The summed E-state index contributed by atoms with van der Waals surface area (Å²) in [6.07, 6.45) is -0.511. The topological polar surface area (TPSA) is 75.6 Å². The molecule has 0 unspecified atom stereocenters. The van der Waals surface area contributed by atoms with Crippen LogP contribution in [0.15, 0.2) is 28.7 Å². The van der Waals surface area contributed by atoms with Crippen LogP contribution in [-0.4, -0.2) is 29.8 Å². The Balaban J connectivity index is 0.00000324. The molecule has 19 heavy (non-hydrogen) atoms. The lowest BCUT2D eigenvalue weighted by Gasteiger charge is -2.14. The van der Waals surface area contributed by atoms with E-state index in [1.807, 2.05) is 12.1 Å². The van der Waals surface area contributed by atoms with Gasteiger partial charge in [-0.3, -0.25) is 0 Å². The number of carbonyl (C=O) groups excluding carboxylic acids is 1. The van der Waals surface area contributed by atoms with Gasteiger partial charge < -0.3 is 15.2 Å². The van der Waals surface area contributed by atoms with Crippen LogP contribution >= 0.6 is 28.3 Å². The summed E-state index contributed by atoms with van der Waals surface area (Å²) in [6, 6.07) is 6.24. The van der Waals surface area contributed by atoms with Crippen molar-refractivity contribution in [3.05, 3.63) is 34.3 Å². The first kappa shape index (κ1) is 17.7. The Kier molecular flexibility index (Phi) is 8.18. The molecule has 0 fully saturated rings. The fourth-order valence-electron chi connectivity index (χ4n) is 1.37. The fourth-order valence-corrected chi connectivity index (χ4v) is 1.64. The molecule has 0 bridgehead atoms. The zero-order valence-corrected chi connectivity index (χ0v) is 12.7. The third kappa shape index (κ3) is 6.45. The fraction of sp³-hybridized carbons (Fsp3) is 0.333. The Hall–Kier alpha value is -1.27. The number of halogens is 2. The summed E-state index contributed by atoms with van der Waals surface area (Å²) in [4.78, 5) is 22.2. The number of benzene rings is 1. The van der Waals surface area contributed by atoms with Crippen LogP contribution in [0, 0.1) is 0 Å². The molecule has 1 aromatic carbocycles. The lowest BCUT2D eigenvalue weighted by Crippen LogP contribution is -2.42. The second-order valence-electron chi connectivity index (χ2n) is 3.59. The van der Waals surface area contributed by atoms with Gasteiger partial charge in [0.2, 0.25) is 0 Å². The molecule has 0 aliphatic rings. The van der Waals surface area contributed by atoms with Crippen molar-refractivity contribution < 1.29 is 19.4 Å². The highest BCUT2D eigenvalue weighted by molar-refractivity contribution is 9.10. The summed E-state index contributed by atoms with van der Waals surface area (Å²) in [5, 5.41) is 11.3. The van der Waals surface area contributed by atoms with Gasteiger partial charge in [0.05, 0.1) is 6.61 Å². The van der Waals surface area contributed by atoms with Gasteiger partial charge in [-0.25, -0.2) is 9.59 Å². The number of carboxylic acids is 1. The summed E-state index contributed by atoms with van der Waals surface area (Å²) in [7, 11) is 0. The minimum Gasteiger partial charge on any atom is -0.480 e. The molecule has 0 saturated heterocycles. The van der Waals surface area contributed by atoms with Crippen LogP contribution in [0.5, 0.6) is 0 Å². The smallest absolute Gasteiger partial charge is 0.407 e. The number of amides is 1. The second-order valence-corrected chi connectivity index (χ2v) is 4.50. The quantitative estimate of drug-likeness (QED) is 0.854. The molecule has 7 heteroatoms. The van der Waals surface area contributed by atoms with Crippen molar-refractivity contribution in [2.45, 2.75) is 19.4 Å². The molecule has 0 heterocycles. The maximum absolute atomic E-state index is 11.2. The van der Waals surface area contributed by atoms with Crippen molar-refractivity contribution in [3.8, 4) is 0 Å². The Morgan fingerprint density at radius 1 is 1.37 bits per heavy atom. The summed E-state index contributed by atoms with van der Waals surface area (Å²) in [6.45, 7) is 1.86.